The van der Waals surface area contributed by atoms with Gasteiger partial charge in [0.2, 0.25) is 15.9 Å². The van der Waals surface area contributed by atoms with Crippen molar-refractivity contribution in [1.29, 1.82) is 0 Å². The molecule has 2 aromatic rings. The molecule has 0 unspecified atom stereocenters. The van der Waals surface area contributed by atoms with Crippen LogP contribution in [0.5, 0.6) is 0 Å². The van der Waals surface area contributed by atoms with Crippen LogP contribution in [-0.2, 0) is 14.8 Å². The van der Waals surface area contributed by atoms with Gasteiger partial charge >= 0.3 is 0 Å². The van der Waals surface area contributed by atoms with Crippen LogP contribution in [0, 0.1) is 11.6 Å². The minimum atomic E-state index is -3.84. The lowest BCUT2D eigenvalue weighted by Gasteiger charge is -2.21. The number of benzene rings is 2. The number of amides is 1. The maximum atomic E-state index is 13.8. The highest BCUT2D eigenvalue weighted by Gasteiger charge is 2.18. The minimum absolute atomic E-state index is 0.0449. The van der Waals surface area contributed by atoms with Gasteiger partial charge in [-0.1, -0.05) is 12.1 Å². The Labute approximate surface area is 139 Å². The van der Waals surface area contributed by atoms with Crippen LogP contribution in [-0.4, -0.2) is 27.4 Å². The maximum Gasteiger partial charge on any atom is 0.240 e. The molecular weight excluding hydrogens is 338 g/mol. The summed E-state index contributed by atoms with van der Waals surface area (Å²) in [4.78, 5) is 12.7. The minimum Gasteiger partial charge on any atom is -0.309 e. The summed E-state index contributed by atoms with van der Waals surface area (Å²) in [6, 6.07) is 10.1. The molecule has 0 aromatic heterocycles. The molecule has 2 aromatic carbocycles. The summed E-state index contributed by atoms with van der Waals surface area (Å²) in [5.41, 5.74) is 0.0750. The zero-order valence-corrected chi connectivity index (χ0v) is 13.7. The van der Waals surface area contributed by atoms with Crippen molar-refractivity contribution >= 4 is 21.6 Å². The molecule has 8 heteroatoms. The summed E-state index contributed by atoms with van der Waals surface area (Å²) in [6.45, 7) is 1.10. The van der Waals surface area contributed by atoms with Crippen LogP contribution < -0.4 is 9.62 Å². The van der Waals surface area contributed by atoms with Gasteiger partial charge in [0, 0.05) is 20.0 Å². The molecule has 1 amide bonds. The summed E-state index contributed by atoms with van der Waals surface area (Å²) in [7, 11) is -3.84. The first-order valence-electron chi connectivity index (χ1n) is 7.09. The first-order valence-corrected chi connectivity index (χ1v) is 8.57. The van der Waals surface area contributed by atoms with E-state index >= 15 is 0 Å². The molecule has 0 aliphatic rings. The van der Waals surface area contributed by atoms with Crippen LogP contribution in [0.2, 0.25) is 0 Å². The van der Waals surface area contributed by atoms with Crippen molar-refractivity contribution < 1.29 is 22.0 Å². The molecule has 5 nitrogen and oxygen atoms in total. The molecule has 0 heterocycles. The Kier molecular flexibility index (Phi) is 5.63. The number of rotatable bonds is 6. The molecular formula is C16H16F2N2O3S. The van der Waals surface area contributed by atoms with Gasteiger partial charge < -0.3 is 4.90 Å². The van der Waals surface area contributed by atoms with Crippen LogP contribution in [0.25, 0.3) is 0 Å². The molecule has 0 saturated carbocycles. The molecule has 0 bridgehead atoms. The highest BCUT2D eigenvalue weighted by Crippen LogP contribution is 2.18. The maximum absolute atomic E-state index is 13.8. The summed E-state index contributed by atoms with van der Waals surface area (Å²) >= 11 is 0. The SMILES string of the molecule is CC(=O)N(CCNS(=O)(=O)c1ccc(F)cc1)c1ccccc1F. The fraction of sp³-hybridized carbons (Fsp3) is 0.188. The van der Waals surface area contributed by atoms with Gasteiger partial charge in [0.25, 0.3) is 0 Å². The molecule has 1 N–H and O–H groups in total. The standard InChI is InChI=1S/C16H16F2N2O3S/c1-12(21)20(16-5-3-2-4-15(16)18)11-10-19-24(22,23)14-8-6-13(17)7-9-14/h2-9,19H,10-11H2,1H3. The van der Waals surface area contributed by atoms with Crippen LogP contribution in [0.15, 0.2) is 53.4 Å². The number of carbonyl (C=O) groups is 1. The van der Waals surface area contributed by atoms with Crippen molar-refractivity contribution in [1.82, 2.24) is 4.72 Å². The van der Waals surface area contributed by atoms with Crippen LogP contribution in [0.3, 0.4) is 0 Å². The Morgan fingerprint density at radius 1 is 1.08 bits per heavy atom. The highest BCUT2D eigenvalue weighted by molar-refractivity contribution is 7.89. The number of hydrogen-bond acceptors (Lipinski definition) is 3. The summed E-state index contributed by atoms with van der Waals surface area (Å²) in [5, 5.41) is 0. The largest absolute Gasteiger partial charge is 0.309 e. The lowest BCUT2D eigenvalue weighted by molar-refractivity contribution is -0.116. The van der Waals surface area contributed by atoms with E-state index < -0.39 is 27.6 Å². The zero-order valence-electron chi connectivity index (χ0n) is 12.9. The van der Waals surface area contributed by atoms with Crippen molar-refractivity contribution in [3.05, 3.63) is 60.2 Å². The van der Waals surface area contributed by atoms with Gasteiger partial charge in [0.05, 0.1) is 10.6 Å². The third-order valence-electron chi connectivity index (χ3n) is 3.27. The van der Waals surface area contributed by atoms with Gasteiger partial charge in [-0.25, -0.2) is 21.9 Å². The van der Waals surface area contributed by atoms with E-state index in [1.54, 1.807) is 6.07 Å². The lowest BCUT2D eigenvalue weighted by atomic mass is 10.2. The smallest absolute Gasteiger partial charge is 0.240 e. The van der Waals surface area contributed by atoms with Gasteiger partial charge in [0.15, 0.2) is 0 Å². The molecule has 0 spiro atoms. The predicted molar refractivity (Wildman–Crippen MR) is 86.0 cm³/mol. The van der Waals surface area contributed by atoms with Gasteiger partial charge in [0.1, 0.15) is 11.6 Å². The summed E-state index contributed by atoms with van der Waals surface area (Å²) < 4.78 is 53.1. The van der Waals surface area contributed by atoms with Crippen molar-refractivity contribution in [3.8, 4) is 0 Å². The van der Waals surface area contributed by atoms with E-state index in [0.717, 1.165) is 29.2 Å². The van der Waals surface area contributed by atoms with E-state index in [1.165, 1.54) is 25.1 Å². The number of nitrogens with one attached hydrogen (secondary N) is 1. The second-order valence-electron chi connectivity index (χ2n) is 4.97. The molecule has 24 heavy (non-hydrogen) atoms. The van der Waals surface area contributed by atoms with Crippen molar-refractivity contribution in [2.24, 2.45) is 0 Å². The molecule has 0 saturated heterocycles. The number of carbonyl (C=O) groups excluding carboxylic acids is 1. The monoisotopic (exact) mass is 354 g/mol. The van der Waals surface area contributed by atoms with Crippen LogP contribution >= 0.6 is 0 Å². The number of sulfonamides is 1. The third-order valence-corrected chi connectivity index (χ3v) is 4.75. The van der Waals surface area contributed by atoms with E-state index in [-0.39, 0.29) is 23.7 Å². The molecule has 0 radical (unpaired) electrons. The van der Waals surface area contributed by atoms with E-state index in [0.29, 0.717) is 0 Å². The summed E-state index contributed by atoms with van der Waals surface area (Å²) in [6.07, 6.45) is 0. The Hall–Kier alpha value is -2.32. The molecule has 128 valence electrons. The second kappa shape index (κ2) is 7.50. The average molecular weight is 354 g/mol. The Morgan fingerprint density at radius 3 is 2.29 bits per heavy atom. The van der Waals surface area contributed by atoms with Crippen molar-refractivity contribution in [2.75, 3.05) is 18.0 Å². The average Bonchev–Trinajstić information content (AvgIpc) is 2.53. The number of para-hydroxylation sites is 1. The quantitative estimate of drug-likeness (QED) is 0.866. The summed E-state index contributed by atoms with van der Waals surface area (Å²) in [5.74, 6) is -1.54. The van der Waals surface area contributed by atoms with E-state index in [2.05, 4.69) is 4.72 Å². The first kappa shape index (κ1) is 18.0. The van der Waals surface area contributed by atoms with Crippen molar-refractivity contribution in [2.45, 2.75) is 11.8 Å². The molecule has 0 aliphatic carbocycles. The lowest BCUT2D eigenvalue weighted by Crippen LogP contribution is -2.38. The van der Waals surface area contributed by atoms with Crippen LogP contribution in [0.1, 0.15) is 6.92 Å². The van der Waals surface area contributed by atoms with Gasteiger partial charge in [-0.3, -0.25) is 4.79 Å². The fourth-order valence-corrected chi connectivity index (χ4v) is 3.13. The van der Waals surface area contributed by atoms with E-state index in [1.807, 2.05) is 0 Å². The van der Waals surface area contributed by atoms with Gasteiger partial charge in [-0.2, -0.15) is 0 Å². The number of anilines is 1. The third kappa shape index (κ3) is 4.36. The Morgan fingerprint density at radius 2 is 1.71 bits per heavy atom. The number of halogens is 2. The van der Waals surface area contributed by atoms with Crippen LogP contribution in [0.4, 0.5) is 14.5 Å². The number of hydrogen-bond donors (Lipinski definition) is 1. The highest BCUT2D eigenvalue weighted by atomic mass is 32.2. The van der Waals surface area contributed by atoms with Gasteiger partial charge in [-0.15, -0.1) is 0 Å². The normalized spacial score (nSPS) is 11.3. The van der Waals surface area contributed by atoms with E-state index in [4.69, 9.17) is 0 Å². The fourth-order valence-electron chi connectivity index (χ4n) is 2.11. The Bertz CT molecular complexity index is 823. The molecule has 0 aliphatic heterocycles. The molecule has 0 fully saturated rings. The zero-order chi connectivity index (χ0) is 17.7. The van der Waals surface area contributed by atoms with E-state index in [9.17, 15) is 22.0 Å². The van der Waals surface area contributed by atoms with Gasteiger partial charge in [-0.05, 0) is 36.4 Å². The first-order chi connectivity index (χ1) is 11.3. The molecule has 2 rings (SSSR count). The van der Waals surface area contributed by atoms with Crippen molar-refractivity contribution in [3.63, 3.8) is 0 Å². The Balaban J connectivity index is 2.07. The number of nitrogens with zero attached hydrogens (tertiary/aromatic N) is 1. The molecule has 0 atom stereocenters. The second-order valence-corrected chi connectivity index (χ2v) is 6.74. The predicted octanol–water partition coefficient (Wildman–Crippen LogP) is 2.30. The topological polar surface area (TPSA) is 66.5 Å².